The normalized spacial score (nSPS) is 24.0. The van der Waals surface area contributed by atoms with Gasteiger partial charge in [-0.3, -0.25) is 4.79 Å². The fourth-order valence-corrected chi connectivity index (χ4v) is 6.04. The Kier molecular flexibility index (Phi) is 5.30. The van der Waals surface area contributed by atoms with Crippen LogP contribution in [-0.2, 0) is 16.1 Å². The zero-order valence-electron chi connectivity index (χ0n) is 16.9. The van der Waals surface area contributed by atoms with E-state index in [-0.39, 0.29) is 29.5 Å². The third-order valence-electron chi connectivity index (χ3n) is 5.93. The number of carbonyl (C=O) groups excluding carboxylic acids is 2. The summed E-state index contributed by atoms with van der Waals surface area (Å²) in [6.45, 7) is 4.25. The van der Waals surface area contributed by atoms with Crippen LogP contribution in [0, 0.1) is 5.41 Å². The molecule has 0 aromatic heterocycles. The van der Waals surface area contributed by atoms with Gasteiger partial charge in [0, 0.05) is 12.3 Å². The van der Waals surface area contributed by atoms with Crippen molar-refractivity contribution in [2.45, 2.75) is 37.8 Å². The number of benzene rings is 2. The summed E-state index contributed by atoms with van der Waals surface area (Å²) in [5.41, 5.74) is 1.35. The van der Waals surface area contributed by atoms with Crippen LogP contribution >= 0.6 is 11.8 Å². The van der Waals surface area contributed by atoms with Crippen molar-refractivity contribution in [1.82, 2.24) is 9.80 Å². The van der Waals surface area contributed by atoms with Gasteiger partial charge in [0.25, 0.3) is 0 Å². The van der Waals surface area contributed by atoms with Gasteiger partial charge in [-0.1, -0.05) is 60.7 Å². The number of ether oxygens (including phenoxy) is 1. The molecule has 2 aromatic carbocycles. The van der Waals surface area contributed by atoms with E-state index in [2.05, 4.69) is 12.1 Å². The number of amides is 2. The monoisotopic (exact) mass is 410 g/mol. The van der Waals surface area contributed by atoms with Gasteiger partial charge in [0.15, 0.2) is 0 Å². The minimum absolute atomic E-state index is 0.0142. The average Bonchev–Trinajstić information content (AvgIpc) is 3.28. The second-order valence-corrected chi connectivity index (χ2v) is 9.24. The largest absolute Gasteiger partial charge is 0.469 e. The lowest BCUT2D eigenvalue weighted by atomic mass is 9.80. The first-order valence-corrected chi connectivity index (χ1v) is 10.9. The van der Waals surface area contributed by atoms with E-state index < -0.39 is 5.41 Å². The van der Waals surface area contributed by atoms with Crippen molar-refractivity contribution >= 4 is 23.8 Å². The van der Waals surface area contributed by atoms with Gasteiger partial charge in [-0.15, -0.1) is 11.8 Å². The molecule has 0 saturated carbocycles. The van der Waals surface area contributed by atoms with Crippen molar-refractivity contribution in [3.05, 3.63) is 71.8 Å². The van der Waals surface area contributed by atoms with E-state index in [1.54, 1.807) is 11.8 Å². The molecule has 2 fully saturated rings. The Balaban J connectivity index is 1.73. The Bertz CT molecular complexity index is 888. The van der Waals surface area contributed by atoms with Crippen LogP contribution in [0.25, 0.3) is 0 Å². The molecular weight excluding hydrogens is 384 g/mol. The molecule has 0 N–H and O–H groups in total. The van der Waals surface area contributed by atoms with Crippen LogP contribution in [0.2, 0.25) is 0 Å². The lowest BCUT2D eigenvalue weighted by molar-refractivity contribution is -0.154. The number of fused-ring (bicyclic) bond motifs is 1. The summed E-state index contributed by atoms with van der Waals surface area (Å²) in [7, 11) is 1.41. The maximum atomic E-state index is 13.6. The third kappa shape index (κ3) is 3.39. The zero-order chi connectivity index (χ0) is 20.6. The van der Waals surface area contributed by atoms with Gasteiger partial charge in [-0.25, -0.2) is 4.79 Å². The lowest BCUT2D eigenvalue weighted by Crippen LogP contribution is -2.51. The van der Waals surface area contributed by atoms with E-state index in [4.69, 9.17) is 4.74 Å². The first kappa shape index (κ1) is 19.8. The minimum atomic E-state index is -0.815. The van der Waals surface area contributed by atoms with Crippen LogP contribution in [0.3, 0.4) is 0 Å². The molecular formula is C23H26N2O3S. The maximum absolute atomic E-state index is 13.6. The predicted molar refractivity (Wildman–Crippen MR) is 114 cm³/mol. The van der Waals surface area contributed by atoms with Gasteiger partial charge in [0.05, 0.1) is 24.6 Å². The summed E-state index contributed by atoms with van der Waals surface area (Å²) in [5.74, 6) is 0.505. The number of hydrogen-bond donors (Lipinski definition) is 0. The van der Waals surface area contributed by atoms with Crippen molar-refractivity contribution in [2.24, 2.45) is 5.41 Å². The number of thioether (sulfide) groups is 1. The van der Waals surface area contributed by atoms with Gasteiger partial charge >= 0.3 is 12.0 Å². The molecule has 2 saturated heterocycles. The molecule has 0 unspecified atom stereocenters. The summed E-state index contributed by atoms with van der Waals surface area (Å²) in [5, 5.41) is -0.0366. The molecule has 2 aromatic rings. The molecule has 2 aliphatic heterocycles. The van der Waals surface area contributed by atoms with Gasteiger partial charge in [0.2, 0.25) is 0 Å². The summed E-state index contributed by atoms with van der Waals surface area (Å²) in [4.78, 5) is 30.1. The topological polar surface area (TPSA) is 49.9 Å². The summed E-state index contributed by atoms with van der Waals surface area (Å²) >= 11 is 1.77. The molecule has 0 aliphatic carbocycles. The Morgan fingerprint density at radius 3 is 2.34 bits per heavy atom. The van der Waals surface area contributed by atoms with E-state index >= 15 is 0 Å². The van der Waals surface area contributed by atoms with Gasteiger partial charge in [0.1, 0.15) is 5.37 Å². The molecule has 0 spiro atoms. The molecule has 29 heavy (non-hydrogen) atoms. The van der Waals surface area contributed by atoms with Crippen LogP contribution in [-0.4, -0.2) is 46.7 Å². The van der Waals surface area contributed by atoms with Crippen LogP contribution in [0.4, 0.5) is 4.79 Å². The van der Waals surface area contributed by atoms with Crippen LogP contribution < -0.4 is 0 Å². The van der Waals surface area contributed by atoms with E-state index in [1.807, 2.05) is 72.2 Å². The van der Waals surface area contributed by atoms with Gasteiger partial charge in [-0.2, -0.15) is 0 Å². The number of rotatable bonds is 5. The highest BCUT2D eigenvalue weighted by molar-refractivity contribution is 7.99. The highest BCUT2D eigenvalue weighted by Gasteiger charge is 2.59. The molecule has 5 nitrogen and oxygen atoms in total. The molecule has 2 heterocycles. The molecule has 0 bridgehead atoms. The Morgan fingerprint density at radius 2 is 1.72 bits per heavy atom. The zero-order valence-corrected chi connectivity index (χ0v) is 17.8. The highest BCUT2D eigenvalue weighted by atomic mass is 32.2. The second kappa shape index (κ2) is 7.75. The second-order valence-electron chi connectivity index (χ2n) is 8.13. The molecule has 6 heteroatoms. The smallest absolute Gasteiger partial charge is 0.322 e. The van der Waals surface area contributed by atoms with E-state index in [0.717, 1.165) is 16.9 Å². The quantitative estimate of drug-likeness (QED) is 0.690. The van der Waals surface area contributed by atoms with Crippen molar-refractivity contribution in [3.8, 4) is 0 Å². The number of esters is 1. The predicted octanol–water partition coefficient (Wildman–Crippen LogP) is 4.31. The number of urea groups is 1. The minimum Gasteiger partial charge on any atom is -0.469 e. The van der Waals surface area contributed by atoms with Crippen molar-refractivity contribution in [2.75, 3.05) is 12.9 Å². The Hall–Kier alpha value is -2.47. The van der Waals surface area contributed by atoms with Gasteiger partial charge in [-0.05, 0) is 25.0 Å². The molecule has 2 amide bonds. The summed E-state index contributed by atoms with van der Waals surface area (Å²) in [6, 6.07) is 19.7. The highest BCUT2D eigenvalue weighted by Crippen LogP contribution is 2.50. The summed E-state index contributed by atoms with van der Waals surface area (Å²) < 4.78 is 5.12. The Morgan fingerprint density at radius 1 is 1.10 bits per heavy atom. The van der Waals surface area contributed by atoms with Crippen molar-refractivity contribution in [1.29, 1.82) is 0 Å². The van der Waals surface area contributed by atoms with Crippen LogP contribution in [0.15, 0.2) is 60.7 Å². The SMILES string of the molecule is COC(=O)C(C)(C)[C@H]1[C@@H]2CS[C@@H](c3ccccc3)N2C(=O)N1Cc1ccccc1. The molecule has 3 atom stereocenters. The first-order valence-electron chi connectivity index (χ1n) is 9.83. The van der Waals surface area contributed by atoms with Crippen LogP contribution in [0.5, 0.6) is 0 Å². The lowest BCUT2D eigenvalue weighted by Gasteiger charge is -2.37. The third-order valence-corrected chi connectivity index (χ3v) is 7.28. The van der Waals surface area contributed by atoms with Crippen LogP contribution in [0.1, 0.15) is 30.3 Å². The van der Waals surface area contributed by atoms with E-state index in [1.165, 1.54) is 7.11 Å². The van der Waals surface area contributed by atoms with E-state index in [0.29, 0.717) is 6.54 Å². The molecule has 0 radical (unpaired) electrons. The standard InChI is InChI=1S/C23H26N2O3S/c1-23(2,21(26)28-3)19-18-15-29-20(17-12-8-5-9-13-17)25(18)22(27)24(19)14-16-10-6-4-7-11-16/h4-13,18-20H,14-15H2,1-3H3/t18-,19+,20-/m0/s1. The van der Waals surface area contributed by atoms with Crippen molar-refractivity contribution < 1.29 is 14.3 Å². The fraction of sp³-hybridized carbons (Fsp3) is 0.391. The summed E-state index contributed by atoms with van der Waals surface area (Å²) in [6.07, 6.45) is 0. The number of carbonyl (C=O) groups is 2. The number of hydrogen-bond acceptors (Lipinski definition) is 4. The molecule has 4 rings (SSSR count). The van der Waals surface area contributed by atoms with E-state index in [9.17, 15) is 9.59 Å². The molecule has 152 valence electrons. The first-order chi connectivity index (χ1) is 13.9. The molecule has 2 aliphatic rings. The number of methoxy groups -OCH3 is 1. The van der Waals surface area contributed by atoms with Crippen molar-refractivity contribution in [3.63, 3.8) is 0 Å². The fourth-order valence-electron chi connectivity index (χ4n) is 4.56. The average molecular weight is 411 g/mol. The Labute approximate surface area is 176 Å². The number of nitrogens with zero attached hydrogens (tertiary/aromatic N) is 2. The maximum Gasteiger partial charge on any atom is 0.322 e. The van der Waals surface area contributed by atoms with Gasteiger partial charge < -0.3 is 14.5 Å².